The van der Waals surface area contributed by atoms with E-state index < -0.39 is 39.6 Å². The number of likely N-dealkylation sites (tertiary alicyclic amines) is 1. The number of carbonyl (C=O) groups excluding carboxylic acids is 2. The number of nitrogens with one attached hydrogen (secondary N) is 1. The minimum Gasteiger partial charge on any atom is -0.458 e. The maximum absolute atomic E-state index is 12.9. The van der Waals surface area contributed by atoms with Crippen molar-refractivity contribution >= 4 is 44.3 Å². The molecule has 7 nitrogen and oxygen atoms in total. The number of esters is 1. The Morgan fingerprint density at radius 2 is 1.87 bits per heavy atom. The maximum Gasteiger partial charge on any atom is 0.329 e. The largest absolute Gasteiger partial charge is 0.458 e. The van der Waals surface area contributed by atoms with Crippen LogP contribution >= 0.6 is 11.6 Å². The van der Waals surface area contributed by atoms with Crippen molar-refractivity contribution in [3.63, 3.8) is 0 Å². The molecule has 1 aliphatic rings. The second-order valence-electron chi connectivity index (χ2n) is 8.60. The van der Waals surface area contributed by atoms with Gasteiger partial charge in [-0.1, -0.05) is 30.7 Å². The summed E-state index contributed by atoms with van der Waals surface area (Å²) in [6, 6.07) is 8.21. The molecule has 31 heavy (non-hydrogen) atoms. The Balaban J connectivity index is 1.76. The van der Waals surface area contributed by atoms with E-state index in [2.05, 4.69) is 4.72 Å². The maximum atomic E-state index is 12.9. The fraction of sp³-hybridized carbons (Fsp3) is 0.455. The van der Waals surface area contributed by atoms with Crippen LogP contribution in [0.4, 0.5) is 0 Å². The molecule has 1 saturated heterocycles. The summed E-state index contributed by atoms with van der Waals surface area (Å²) in [5, 5.41) is 2.11. The number of sulfonamides is 1. The van der Waals surface area contributed by atoms with Gasteiger partial charge in [-0.15, -0.1) is 0 Å². The highest BCUT2D eigenvalue weighted by Gasteiger charge is 2.41. The number of rotatable bonds is 6. The highest BCUT2D eigenvalue weighted by molar-refractivity contribution is 7.89. The summed E-state index contributed by atoms with van der Waals surface area (Å²) in [5.41, 5.74) is -0.672. The summed E-state index contributed by atoms with van der Waals surface area (Å²) >= 11 is 5.98. The Morgan fingerprint density at radius 3 is 2.52 bits per heavy atom. The number of nitrogens with zero attached hydrogens (tertiary/aromatic N) is 1. The smallest absolute Gasteiger partial charge is 0.329 e. The number of halogens is 1. The van der Waals surface area contributed by atoms with Crippen molar-refractivity contribution < 1.29 is 22.7 Å². The van der Waals surface area contributed by atoms with Crippen molar-refractivity contribution in [2.75, 3.05) is 6.54 Å². The molecular formula is C22H27ClN2O5S. The first-order chi connectivity index (χ1) is 14.4. The number of ether oxygens (including phenoxy) is 1. The van der Waals surface area contributed by atoms with E-state index in [-0.39, 0.29) is 17.9 Å². The molecule has 9 heteroatoms. The van der Waals surface area contributed by atoms with Gasteiger partial charge in [0.25, 0.3) is 0 Å². The number of carbonyl (C=O) groups is 2. The summed E-state index contributed by atoms with van der Waals surface area (Å²) in [6.07, 6.45) is 0.661. The molecule has 0 aromatic heterocycles. The van der Waals surface area contributed by atoms with Gasteiger partial charge >= 0.3 is 5.97 Å². The Kier molecular flexibility index (Phi) is 6.64. The van der Waals surface area contributed by atoms with Gasteiger partial charge in [-0.3, -0.25) is 4.79 Å². The zero-order valence-corrected chi connectivity index (χ0v) is 19.6. The lowest BCUT2D eigenvalue weighted by Crippen LogP contribution is -2.48. The van der Waals surface area contributed by atoms with E-state index in [0.717, 1.165) is 10.8 Å². The molecule has 3 rings (SSSR count). The average molecular weight is 467 g/mol. The zero-order valence-electron chi connectivity index (χ0n) is 18.0. The summed E-state index contributed by atoms with van der Waals surface area (Å²) in [4.78, 5) is 26.9. The monoisotopic (exact) mass is 466 g/mol. The van der Waals surface area contributed by atoms with Gasteiger partial charge in [0.2, 0.25) is 15.9 Å². The highest BCUT2D eigenvalue weighted by atomic mass is 35.5. The molecule has 0 saturated carbocycles. The number of fused-ring (bicyclic) bond motifs is 1. The van der Waals surface area contributed by atoms with Gasteiger partial charge in [-0.25, -0.2) is 13.2 Å². The lowest BCUT2D eigenvalue weighted by Gasteiger charge is -2.29. The first-order valence-corrected chi connectivity index (χ1v) is 12.0. The van der Waals surface area contributed by atoms with Gasteiger partial charge in [0.05, 0.1) is 4.90 Å². The van der Waals surface area contributed by atoms with Crippen LogP contribution in [0.5, 0.6) is 0 Å². The Labute approximate surface area is 187 Å². The Hall–Kier alpha value is -2.16. The zero-order chi connectivity index (χ0) is 23.0. The van der Waals surface area contributed by atoms with Gasteiger partial charge in [0, 0.05) is 11.6 Å². The third-order valence-electron chi connectivity index (χ3n) is 5.06. The van der Waals surface area contributed by atoms with Crippen LogP contribution in [0.3, 0.4) is 0 Å². The van der Waals surface area contributed by atoms with Gasteiger partial charge < -0.3 is 9.64 Å². The molecule has 2 atom stereocenters. The van der Waals surface area contributed by atoms with Gasteiger partial charge in [-0.05, 0) is 68.7 Å². The quantitative estimate of drug-likeness (QED) is 0.658. The number of hydrogen-bond donors (Lipinski definition) is 1. The van der Waals surface area contributed by atoms with Crippen LogP contribution in [0.15, 0.2) is 41.3 Å². The molecule has 1 N–H and O–H groups in total. The molecule has 0 aliphatic carbocycles. The van der Waals surface area contributed by atoms with Crippen LogP contribution < -0.4 is 4.72 Å². The summed E-state index contributed by atoms with van der Waals surface area (Å²) in [5.74, 6) is -0.908. The second kappa shape index (κ2) is 8.76. The first kappa shape index (κ1) is 23.5. The lowest BCUT2D eigenvalue weighted by atomic mass is 10.1. The van der Waals surface area contributed by atoms with Crippen molar-refractivity contribution in [1.29, 1.82) is 0 Å². The normalized spacial score (nSPS) is 18.4. The van der Waals surface area contributed by atoms with Crippen LogP contribution in [0.1, 0.15) is 40.5 Å². The highest BCUT2D eigenvalue weighted by Crippen LogP contribution is 2.25. The van der Waals surface area contributed by atoms with Crippen LogP contribution in [-0.4, -0.2) is 49.4 Å². The van der Waals surface area contributed by atoms with Crippen LogP contribution in [0.25, 0.3) is 10.8 Å². The van der Waals surface area contributed by atoms with Crippen LogP contribution in [0.2, 0.25) is 5.02 Å². The fourth-order valence-corrected chi connectivity index (χ4v) is 5.06. The standard InChI is InChI=1S/C22H27ClN2O5S/c1-5-19(21(27)30-22(2,3)4)25-11-10-18(20(25)26)24-31(28,29)17-9-7-14-12-16(23)8-6-15(14)13-17/h6-9,12-13,18-19,24H,5,10-11H2,1-4H3. The SMILES string of the molecule is CCC(C(=O)OC(C)(C)C)N1CCC(NS(=O)(=O)c2ccc3cc(Cl)ccc3c2)C1=O. The molecule has 0 bridgehead atoms. The van der Waals surface area contributed by atoms with E-state index in [4.69, 9.17) is 16.3 Å². The van der Waals surface area contributed by atoms with Crippen molar-refractivity contribution in [2.24, 2.45) is 0 Å². The topological polar surface area (TPSA) is 92.8 Å². The predicted molar refractivity (Wildman–Crippen MR) is 119 cm³/mol. The lowest BCUT2D eigenvalue weighted by molar-refractivity contribution is -0.164. The molecule has 0 spiro atoms. The molecule has 1 fully saturated rings. The van der Waals surface area contributed by atoms with E-state index in [1.54, 1.807) is 58.0 Å². The third-order valence-corrected chi connectivity index (χ3v) is 6.77. The predicted octanol–water partition coefficient (Wildman–Crippen LogP) is 3.49. The van der Waals surface area contributed by atoms with E-state index >= 15 is 0 Å². The second-order valence-corrected chi connectivity index (χ2v) is 10.8. The van der Waals surface area contributed by atoms with Crippen molar-refractivity contribution in [3.8, 4) is 0 Å². The average Bonchev–Trinajstić information content (AvgIpc) is 3.00. The minimum absolute atomic E-state index is 0.0627. The summed E-state index contributed by atoms with van der Waals surface area (Å²) < 4.78 is 33.7. The third kappa shape index (κ3) is 5.37. The van der Waals surface area contributed by atoms with E-state index in [1.807, 2.05) is 0 Å². The number of benzene rings is 2. The molecule has 168 valence electrons. The summed E-state index contributed by atoms with van der Waals surface area (Å²) in [6.45, 7) is 7.36. The minimum atomic E-state index is -3.93. The van der Waals surface area contributed by atoms with Crippen molar-refractivity contribution in [3.05, 3.63) is 41.4 Å². The molecule has 1 heterocycles. The van der Waals surface area contributed by atoms with Crippen molar-refractivity contribution in [1.82, 2.24) is 9.62 Å². The van der Waals surface area contributed by atoms with E-state index in [9.17, 15) is 18.0 Å². The van der Waals surface area contributed by atoms with Gasteiger partial charge in [-0.2, -0.15) is 4.72 Å². The molecule has 2 aromatic carbocycles. The molecule has 1 aliphatic heterocycles. The van der Waals surface area contributed by atoms with Crippen LogP contribution in [0, 0.1) is 0 Å². The summed E-state index contributed by atoms with van der Waals surface area (Å²) in [7, 11) is -3.93. The van der Waals surface area contributed by atoms with Crippen molar-refractivity contribution in [2.45, 2.75) is 63.1 Å². The molecular weight excluding hydrogens is 440 g/mol. The van der Waals surface area contributed by atoms with Crippen LogP contribution in [-0.2, 0) is 24.3 Å². The fourth-order valence-electron chi connectivity index (χ4n) is 3.62. The van der Waals surface area contributed by atoms with E-state index in [0.29, 0.717) is 11.4 Å². The number of amides is 1. The molecule has 1 amide bonds. The van der Waals surface area contributed by atoms with E-state index in [1.165, 1.54) is 11.0 Å². The van der Waals surface area contributed by atoms with Gasteiger partial charge in [0.1, 0.15) is 17.7 Å². The Bertz CT molecular complexity index is 1110. The molecule has 2 aromatic rings. The molecule has 0 radical (unpaired) electrons. The molecule has 2 unspecified atom stereocenters. The van der Waals surface area contributed by atoms with Gasteiger partial charge in [0.15, 0.2) is 0 Å². The first-order valence-electron chi connectivity index (χ1n) is 10.2. The Morgan fingerprint density at radius 1 is 1.23 bits per heavy atom. The number of hydrogen-bond acceptors (Lipinski definition) is 5.